The first-order valence-electron chi connectivity index (χ1n) is 11.6. The van der Waals surface area contributed by atoms with Crippen molar-refractivity contribution in [2.24, 2.45) is 0 Å². The number of ether oxygens (including phenoxy) is 2. The Morgan fingerprint density at radius 2 is 1.69 bits per heavy atom. The zero-order valence-corrected chi connectivity index (χ0v) is 19.4. The summed E-state index contributed by atoms with van der Waals surface area (Å²) in [6, 6.07) is 14.0. The molecule has 9 nitrogen and oxygen atoms in total. The third kappa shape index (κ3) is 5.13. The number of rotatable bonds is 8. The van der Waals surface area contributed by atoms with Gasteiger partial charge in [0.1, 0.15) is 18.7 Å². The highest BCUT2D eigenvalue weighted by Crippen LogP contribution is 2.44. The number of amides is 2. The Labute approximate surface area is 203 Å². The van der Waals surface area contributed by atoms with Gasteiger partial charge in [-0.2, -0.15) is 0 Å². The molecule has 2 amide bonds. The van der Waals surface area contributed by atoms with Gasteiger partial charge in [-0.05, 0) is 41.5 Å². The van der Waals surface area contributed by atoms with Crippen molar-refractivity contribution in [2.75, 3.05) is 20.3 Å². The molecule has 1 aliphatic carbocycles. The highest BCUT2D eigenvalue weighted by molar-refractivity contribution is 5.90. The molecule has 0 bridgehead atoms. The number of nitrogens with zero attached hydrogens (tertiary/aromatic N) is 1. The van der Waals surface area contributed by atoms with Crippen LogP contribution in [0.25, 0.3) is 11.1 Å². The Hall–Kier alpha value is -3.88. The summed E-state index contributed by atoms with van der Waals surface area (Å²) in [5, 5.41) is 11.6. The Morgan fingerprint density at radius 1 is 1.06 bits per heavy atom. The maximum absolute atomic E-state index is 13.2. The van der Waals surface area contributed by atoms with Gasteiger partial charge >= 0.3 is 18.0 Å². The topological polar surface area (TPSA) is 122 Å². The highest BCUT2D eigenvalue weighted by Gasteiger charge is 2.38. The minimum absolute atomic E-state index is 0.0637. The number of hydrogen-bond acceptors (Lipinski definition) is 6. The number of nitrogens with one attached hydrogen (secondary N) is 1. The normalized spacial score (nSPS) is 17.3. The molecule has 1 aliphatic heterocycles. The SMILES string of the molecule is COC(=O)C1CCCN1C(=O)C(CCC(=O)O)NC(=O)OCC1c2ccccc2-c2ccccc21. The van der Waals surface area contributed by atoms with E-state index in [0.29, 0.717) is 19.4 Å². The van der Waals surface area contributed by atoms with E-state index < -0.39 is 36.0 Å². The van der Waals surface area contributed by atoms with Gasteiger partial charge < -0.3 is 24.8 Å². The molecule has 0 spiro atoms. The van der Waals surface area contributed by atoms with Crippen LogP contribution in [0, 0.1) is 0 Å². The van der Waals surface area contributed by atoms with Gasteiger partial charge in [-0.25, -0.2) is 9.59 Å². The van der Waals surface area contributed by atoms with Crippen LogP contribution in [-0.2, 0) is 23.9 Å². The van der Waals surface area contributed by atoms with Gasteiger partial charge in [0.2, 0.25) is 5.91 Å². The summed E-state index contributed by atoms with van der Waals surface area (Å²) in [5.41, 5.74) is 4.29. The standard InChI is InChI=1S/C26H28N2O7/c1-34-25(32)22-11-6-14-28(22)24(31)21(12-13-23(29)30)27-26(33)35-15-20-18-9-4-2-7-16(18)17-8-3-5-10-19(17)20/h2-5,7-10,20-22H,6,11-15H2,1H3,(H,27,33)(H,29,30). The first-order valence-corrected chi connectivity index (χ1v) is 11.6. The van der Waals surface area contributed by atoms with Crippen molar-refractivity contribution in [3.05, 3.63) is 59.7 Å². The van der Waals surface area contributed by atoms with E-state index in [0.717, 1.165) is 22.3 Å². The van der Waals surface area contributed by atoms with Crippen LogP contribution < -0.4 is 5.32 Å². The van der Waals surface area contributed by atoms with Gasteiger partial charge in [0.15, 0.2) is 0 Å². The van der Waals surface area contributed by atoms with Crippen LogP contribution in [0.1, 0.15) is 42.7 Å². The monoisotopic (exact) mass is 480 g/mol. The number of carboxylic acid groups (broad SMARTS) is 1. The molecular formula is C26H28N2O7. The quantitative estimate of drug-likeness (QED) is 0.557. The molecule has 2 unspecified atom stereocenters. The summed E-state index contributed by atoms with van der Waals surface area (Å²) in [6.45, 7) is 0.392. The smallest absolute Gasteiger partial charge is 0.407 e. The van der Waals surface area contributed by atoms with Crippen LogP contribution in [0.4, 0.5) is 4.79 Å². The van der Waals surface area contributed by atoms with Gasteiger partial charge in [0.25, 0.3) is 0 Å². The Morgan fingerprint density at radius 3 is 2.29 bits per heavy atom. The number of likely N-dealkylation sites (tertiary alicyclic amines) is 1. The molecule has 1 saturated heterocycles. The summed E-state index contributed by atoms with van der Waals surface area (Å²) in [6.07, 6.45) is -0.194. The maximum Gasteiger partial charge on any atom is 0.407 e. The predicted molar refractivity (Wildman–Crippen MR) is 126 cm³/mol. The van der Waals surface area contributed by atoms with Gasteiger partial charge in [-0.1, -0.05) is 48.5 Å². The zero-order chi connectivity index (χ0) is 24.9. The van der Waals surface area contributed by atoms with Crippen LogP contribution >= 0.6 is 0 Å². The summed E-state index contributed by atoms with van der Waals surface area (Å²) >= 11 is 0. The van der Waals surface area contributed by atoms with Crippen molar-refractivity contribution < 1.29 is 33.8 Å². The van der Waals surface area contributed by atoms with E-state index in [1.54, 1.807) is 0 Å². The van der Waals surface area contributed by atoms with Gasteiger partial charge in [-0.15, -0.1) is 0 Å². The molecule has 0 aromatic heterocycles. The number of carbonyl (C=O) groups excluding carboxylic acids is 3. The summed E-state index contributed by atoms with van der Waals surface area (Å²) < 4.78 is 10.3. The summed E-state index contributed by atoms with van der Waals surface area (Å²) in [7, 11) is 1.25. The number of esters is 1. The molecule has 9 heteroatoms. The average molecular weight is 481 g/mol. The average Bonchev–Trinajstić information content (AvgIpc) is 3.47. The van der Waals surface area contributed by atoms with E-state index in [1.807, 2.05) is 48.5 Å². The Balaban J connectivity index is 1.44. The lowest BCUT2D eigenvalue weighted by atomic mass is 9.98. The number of fused-ring (bicyclic) bond motifs is 3. The molecule has 35 heavy (non-hydrogen) atoms. The fourth-order valence-corrected chi connectivity index (χ4v) is 4.92. The highest BCUT2D eigenvalue weighted by atomic mass is 16.5. The van der Waals surface area contributed by atoms with Crippen molar-refractivity contribution in [1.29, 1.82) is 0 Å². The van der Waals surface area contributed by atoms with E-state index in [9.17, 15) is 19.2 Å². The Kier molecular flexibility index (Phi) is 7.33. The molecule has 2 aromatic carbocycles. The first-order chi connectivity index (χ1) is 16.9. The van der Waals surface area contributed by atoms with Crippen LogP contribution in [-0.4, -0.2) is 66.3 Å². The molecule has 2 aromatic rings. The fourth-order valence-electron chi connectivity index (χ4n) is 4.92. The van der Waals surface area contributed by atoms with Crippen LogP contribution in [0.15, 0.2) is 48.5 Å². The second-order valence-corrected chi connectivity index (χ2v) is 8.67. The number of methoxy groups -OCH3 is 1. The van der Waals surface area contributed by atoms with Crippen molar-refractivity contribution in [1.82, 2.24) is 10.2 Å². The third-order valence-corrected chi connectivity index (χ3v) is 6.59. The predicted octanol–water partition coefficient (Wildman–Crippen LogP) is 2.92. The minimum atomic E-state index is -1.13. The molecule has 0 saturated carbocycles. The zero-order valence-electron chi connectivity index (χ0n) is 19.4. The molecular weight excluding hydrogens is 452 g/mol. The third-order valence-electron chi connectivity index (χ3n) is 6.59. The number of alkyl carbamates (subject to hydrolysis) is 1. The molecule has 1 fully saturated rings. The molecule has 2 atom stereocenters. The lowest BCUT2D eigenvalue weighted by Gasteiger charge is -2.27. The first kappa shape index (κ1) is 24.3. The molecule has 2 aliphatic rings. The fraction of sp³-hybridized carbons (Fsp3) is 0.385. The lowest BCUT2D eigenvalue weighted by Crippen LogP contribution is -2.52. The number of benzene rings is 2. The van der Waals surface area contributed by atoms with Crippen molar-refractivity contribution >= 4 is 23.9 Å². The Bertz CT molecular complexity index is 1090. The largest absolute Gasteiger partial charge is 0.481 e. The molecule has 4 rings (SSSR count). The lowest BCUT2D eigenvalue weighted by molar-refractivity contribution is -0.151. The second-order valence-electron chi connectivity index (χ2n) is 8.67. The van der Waals surface area contributed by atoms with E-state index >= 15 is 0 Å². The van der Waals surface area contributed by atoms with Crippen molar-refractivity contribution in [3.63, 3.8) is 0 Å². The van der Waals surface area contributed by atoms with E-state index in [4.69, 9.17) is 14.6 Å². The van der Waals surface area contributed by atoms with Gasteiger partial charge in [0, 0.05) is 18.9 Å². The molecule has 1 heterocycles. The van der Waals surface area contributed by atoms with Gasteiger partial charge in [-0.3, -0.25) is 9.59 Å². The summed E-state index contributed by atoms with van der Waals surface area (Å²) in [4.78, 5) is 50.5. The molecule has 2 N–H and O–H groups in total. The van der Waals surface area contributed by atoms with Crippen LogP contribution in [0.3, 0.4) is 0 Å². The molecule has 184 valence electrons. The van der Waals surface area contributed by atoms with Crippen molar-refractivity contribution in [2.45, 2.75) is 43.7 Å². The summed E-state index contributed by atoms with van der Waals surface area (Å²) in [5.74, 6) is -2.30. The number of hydrogen-bond donors (Lipinski definition) is 2. The number of carbonyl (C=O) groups is 4. The molecule has 0 radical (unpaired) electrons. The second kappa shape index (κ2) is 10.6. The van der Waals surface area contributed by atoms with Crippen LogP contribution in [0.5, 0.6) is 0 Å². The number of carboxylic acids is 1. The van der Waals surface area contributed by atoms with E-state index in [-0.39, 0.29) is 25.4 Å². The van der Waals surface area contributed by atoms with E-state index in [2.05, 4.69) is 5.32 Å². The van der Waals surface area contributed by atoms with Crippen LogP contribution in [0.2, 0.25) is 0 Å². The van der Waals surface area contributed by atoms with Crippen molar-refractivity contribution in [3.8, 4) is 11.1 Å². The van der Waals surface area contributed by atoms with E-state index in [1.165, 1.54) is 12.0 Å². The number of aliphatic carboxylic acids is 1. The maximum atomic E-state index is 13.2. The van der Waals surface area contributed by atoms with Gasteiger partial charge in [0.05, 0.1) is 7.11 Å². The minimum Gasteiger partial charge on any atom is -0.481 e.